The minimum atomic E-state index is -4.10. The van der Waals surface area contributed by atoms with Crippen LogP contribution in [0.4, 0.5) is 0 Å². The molecule has 0 aliphatic carbocycles. The quantitative estimate of drug-likeness (QED) is 0.826. The molecule has 0 atom stereocenters. The fourth-order valence-electron chi connectivity index (χ4n) is 1.48. The lowest BCUT2D eigenvalue weighted by atomic mass is 9.65. The lowest BCUT2D eigenvalue weighted by molar-refractivity contribution is 0.225. The van der Waals surface area contributed by atoms with Crippen molar-refractivity contribution in [2.24, 2.45) is 5.41 Å². The molecule has 0 spiro atoms. The summed E-state index contributed by atoms with van der Waals surface area (Å²) in [6, 6.07) is 6.40. The van der Waals surface area contributed by atoms with Crippen LogP contribution in [0.25, 0.3) is 0 Å². The van der Waals surface area contributed by atoms with E-state index in [1.54, 1.807) is 12.1 Å². The van der Waals surface area contributed by atoms with E-state index in [4.69, 9.17) is 4.55 Å². The Kier molecular flexibility index (Phi) is 3.43. The summed E-state index contributed by atoms with van der Waals surface area (Å²) in [5, 5.41) is 0. The normalized spacial score (nSPS) is 13.8. The summed E-state index contributed by atoms with van der Waals surface area (Å²) in [5.74, 6) is 0. The van der Waals surface area contributed by atoms with E-state index < -0.39 is 10.1 Å². The monoisotopic (exact) mass is 256 g/mol. The van der Waals surface area contributed by atoms with Crippen LogP contribution in [0.2, 0.25) is 0 Å². The van der Waals surface area contributed by atoms with Crippen LogP contribution in [-0.2, 0) is 15.5 Å². The van der Waals surface area contributed by atoms with Crippen LogP contribution in [0.5, 0.6) is 0 Å². The second-order valence-electron chi connectivity index (χ2n) is 5.87. The number of hydrogen-bond donors (Lipinski definition) is 1. The maximum atomic E-state index is 10.9. The highest BCUT2D eigenvalue weighted by atomic mass is 32.2. The van der Waals surface area contributed by atoms with E-state index in [9.17, 15) is 8.42 Å². The van der Waals surface area contributed by atoms with Crippen molar-refractivity contribution in [3.8, 4) is 0 Å². The Morgan fingerprint density at radius 2 is 1.35 bits per heavy atom. The molecule has 0 unspecified atom stereocenters. The van der Waals surface area contributed by atoms with Crippen molar-refractivity contribution in [1.82, 2.24) is 0 Å². The van der Waals surface area contributed by atoms with Crippen molar-refractivity contribution >= 4 is 10.1 Å². The highest BCUT2D eigenvalue weighted by molar-refractivity contribution is 7.85. The molecule has 0 aromatic heterocycles. The van der Waals surface area contributed by atoms with Gasteiger partial charge in [-0.1, -0.05) is 46.8 Å². The van der Waals surface area contributed by atoms with Crippen LogP contribution in [0.3, 0.4) is 0 Å². The third-order valence-corrected chi connectivity index (χ3v) is 4.62. The largest absolute Gasteiger partial charge is 0.294 e. The molecule has 0 saturated carbocycles. The standard InChI is InChI=1S/C13H20O3S/c1-12(2,3)13(4,5)10-6-8-11(9-7-10)17(14,15)16/h6-9H,1-5H3,(H,14,15,16). The molecule has 4 heteroatoms. The molecule has 0 amide bonds. The first-order valence-electron chi connectivity index (χ1n) is 5.54. The Bertz CT molecular complexity index is 490. The molecule has 1 rings (SSSR count). The minimum absolute atomic E-state index is 0.0621. The average Bonchev–Trinajstić information content (AvgIpc) is 2.15. The van der Waals surface area contributed by atoms with Gasteiger partial charge in [0.05, 0.1) is 4.90 Å². The Hall–Kier alpha value is -0.870. The molecule has 1 aromatic rings. The molecule has 0 bridgehead atoms. The lowest BCUT2D eigenvalue weighted by Crippen LogP contribution is -2.33. The van der Waals surface area contributed by atoms with Crippen LogP contribution in [0, 0.1) is 5.41 Å². The predicted molar refractivity (Wildman–Crippen MR) is 68.7 cm³/mol. The summed E-state index contributed by atoms with van der Waals surface area (Å²) in [6.45, 7) is 10.7. The van der Waals surface area contributed by atoms with E-state index in [1.165, 1.54) is 12.1 Å². The van der Waals surface area contributed by atoms with Crippen molar-refractivity contribution in [2.75, 3.05) is 0 Å². The smallest absolute Gasteiger partial charge is 0.282 e. The van der Waals surface area contributed by atoms with Gasteiger partial charge in [-0.3, -0.25) is 4.55 Å². The van der Waals surface area contributed by atoms with Gasteiger partial charge in [0.2, 0.25) is 0 Å². The van der Waals surface area contributed by atoms with Gasteiger partial charge in [-0.2, -0.15) is 8.42 Å². The minimum Gasteiger partial charge on any atom is -0.282 e. The number of benzene rings is 1. The zero-order chi connectivity index (χ0) is 13.5. The van der Waals surface area contributed by atoms with Crippen molar-refractivity contribution in [3.05, 3.63) is 29.8 Å². The van der Waals surface area contributed by atoms with Crippen LogP contribution >= 0.6 is 0 Å². The Labute approximate surface area is 104 Å². The van der Waals surface area contributed by atoms with Gasteiger partial charge < -0.3 is 0 Å². The Morgan fingerprint density at radius 1 is 0.941 bits per heavy atom. The second kappa shape index (κ2) is 4.10. The summed E-state index contributed by atoms with van der Waals surface area (Å²) >= 11 is 0. The molecule has 0 fully saturated rings. The molecule has 0 aliphatic rings. The van der Waals surface area contributed by atoms with E-state index in [-0.39, 0.29) is 15.7 Å². The van der Waals surface area contributed by atoms with Gasteiger partial charge >= 0.3 is 0 Å². The molecule has 96 valence electrons. The highest BCUT2D eigenvalue weighted by Gasteiger charge is 2.34. The maximum absolute atomic E-state index is 10.9. The molecule has 0 saturated heterocycles. The summed E-state index contributed by atoms with van der Waals surface area (Å²) in [5.41, 5.74) is 1.04. The van der Waals surface area contributed by atoms with Gasteiger partial charge in [0.25, 0.3) is 10.1 Å². The second-order valence-corrected chi connectivity index (χ2v) is 7.30. The zero-order valence-electron chi connectivity index (χ0n) is 11.0. The summed E-state index contributed by atoms with van der Waals surface area (Å²) in [7, 11) is -4.10. The van der Waals surface area contributed by atoms with Gasteiger partial charge in [0.15, 0.2) is 0 Å². The molecule has 3 nitrogen and oxygen atoms in total. The van der Waals surface area contributed by atoms with E-state index in [0.717, 1.165) is 5.56 Å². The van der Waals surface area contributed by atoms with Crippen molar-refractivity contribution in [3.63, 3.8) is 0 Å². The molecule has 17 heavy (non-hydrogen) atoms. The number of rotatable bonds is 2. The summed E-state index contributed by atoms with van der Waals surface area (Å²) in [6.07, 6.45) is 0. The first-order valence-corrected chi connectivity index (χ1v) is 6.98. The predicted octanol–water partition coefficient (Wildman–Crippen LogP) is 3.26. The van der Waals surface area contributed by atoms with E-state index in [2.05, 4.69) is 34.6 Å². The third kappa shape index (κ3) is 2.87. The first kappa shape index (κ1) is 14.2. The fraction of sp³-hybridized carbons (Fsp3) is 0.538. The van der Waals surface area contributed by atoms with Crippen LogP contribution in [0.1, 0.15) is 40.2 Å². The van der Waals surface area contributed by atoms with Gasteiger partial charge in [0, 0.05) is 0 Å². The van der Waals surface area contributed by atoms with Crippen molar-refractivity contribution < 1.29 is 13.0 Å². The molecular weight excluding hydrogens is 236 g/mol. The summed E-state index contributed by atoms with van der Waals surface area (Å²) < 4.78 is 30.8. The molecular formula is C13H20O3S. The van der Waals surface area contributed by atoms with Crippen LogP contribution in [-0.4, -0.2) is 13.0 Å². The first-order chi connectivity index (χ1) is 7.46. The average molecular weight is 256 g/mol. The lowest BCUT2D eigenvalue weighted by Gasteiger charge is -2.39. The summed E-state index contributed by atoms with van der Waals surface area (Å²) in [4.78, 5) is -0.0639. The zero-order valence-corrected chi connectivity index (χ0v) is 11.8. The number of hydrogen-bond acceptors (Lipinski definition) is 2. The molecule has 0 radical (unpaired) electrons. The third-order valence-electron chi connectivity index (χ3n) is 3.75. The molecule has 1 N–H and O–H groups in total. The molecule has 0 aliphatic heterocycles. The van der Waals surface area contributed by atoms with Crippen molar-refractivity contribution in [1.29, 1.82) is 0 Å². The van der Waals surface area contributed by atoms with Gasteiger partial charge in [-0.15, -0.1) is 0 Å². The van der Waals surface area contributed by atoms with E-state index in [1.807, 2.05) is 0 Å². The Morgan fingerprint density at radius 3 is 1.65 bits per heavy atom. The molecule has 0 heterocycles. The SMILES string of the molecule is CC(C)(C)C(C)(C)c1ccc(S(=O)(=O)O)cc1. The molecule has 1 aromatic carbocycles. The van der Waals surface area contributed by atoms with Gasteiger partial charge in [0.1, 0.15) is 0 Å². The van der Waals surface area contributed by atoms with Crippen LogP contribution < -0.4 is 0 Å². The van der Waals surface area contributed by atoms with E-state index in [0.29, 0.717) is 0 Å². The highest BCUT2D eigenvalue weighted by Crippen LogP contribution is 2.40. The van der Waals surface area contributed by atoms with Crippen molar-refractivity contribution in [2.45, 2.75) is 44.9 Å². The Balaban J connectivity index is 3.21. The maximum Gasteiger partial charge on any atom is 0.294 e. The van der Waals surface area contributed by atoms with Crippen LogP contribution in [0.15, 0.2) is 29.2 Å². The van der Waals surface area contributed by atoms with E-state index >= 15 is 0 Å². The fourth-order valence-corrected chi connectivity index (χ4v) is 1.96. The van der Waals surface area contributed by atoms with Gasteiger partial charge in [-0.25, -0.2) is 0 Å². The topological polar surface area (TPSA) is 54.4 Å². The van der Waals surface area contributed by atoms with Gasteiger partial charge in [-0.05, 0) is 28.5 Å².